The van der Waals surface area contributed by atoms with Gasteiger partial charge in [-0.3, -0.25) is 4.79 Å². The lowest BCUT2D eigenvalue weighted by Gasteiger charge is -2.30. The van der Waals surface area contributed by atoms with Gasteiger partial charge in [0.2, 0.25) is 0 Å². The van der Waals surface area contributed by atoms with Gasteiger partial charge in [0, 0.05) is 25.3 Å². The Hall–Kier alpha value is -2.40. The highest BCUT2D eigenvalue weighted by atomic mass is 16.5. The maximum absolute atomic E-state index is 13.0. The molecule has 0 atom stereocenters. The zero-order chi connectivity index (χ0) is 16.4. The predicted octanol–water partition coefficient (Wildman–Crippen LogP) is 2.51. The van der Waals surface area contributed by atoms with Crippen LogP contribution in [-0.2, 0) is 11.2 Å². The van der Waals surface area contributed by atoms with Gasteiger partial charge in [-0.05, 0) is 36.6 Å². The van der Waals surface area contributed by atoms with Gasteiger partial charge in [-0.2, -0.15) is 0 Å². The topological polar surface area (TPSA) is 45.7 Å². The van der Waals surface area contributed by atoms with Crippen LogP contribution in [0.15, 0.2) is 42.5 Å². The van der Waals surface area contributed by atoms with Crippen molar-refractivity contribution in [3.05, 3.63) is 53.7 Å². The van der Waals surface area contributed by atoms with E-state index in [0.29, 0.717) is 18.9 Å². The monoisotopic (exact) mass is 323 g/mol. The maximum Gasteiger partial charge on any atom is 0.276 e. The minimum absolute atomic E-state index is 0.0164. The summed E-state index contributed by atoms with van der Waals surface area (Å²) in [6.07, 6.45) is 2.02. The van der Waals surface area contributed by atoms with Gasteiger partial charge < -0.3 is 14.5 Å². The zero-order valence-corrected chi connectivity index (χ0v) is 13.6. The number of carbonyl (C=O) groups excluding carboxylic acids is 1. The summed E-state index contributed by atoms with van der Waals surface area (Å²) in [5, 5.41) is 0. The minimum atomic E-state index is -0.0164. The standard InChI is InChI=1S/C19H21N3O2/c23-19(22-10-4-6-15-5-1-2-8-17(15)22)16-7-3-9-18(20-16)21-11-13-24-14-12-21/h1-3,5,7-9H,4,6,10-14H2. The number of carbonyl (C=O) groups is 1. The summed E-state index contributed by atoms with van der Waals surface area (Å²) in [5.41, 5.74) is 2.77. The summed E-state index contributed by atoms with van der Waals surface area (Å²) in [4.78, 5) is 21.7. The molecular formula is C19H21N3O2. The van der Waals surface area contributed by atoms with Crippen LogP contribution < -0.4 is 9.80 Å². The first kappa shape index (κ1) is 15.1. The van der Waals surface area contributed by atoms with E-state index < -0.39 is 0 Å². The number of hydrogen-bond acceptors (Lipinski definition) is 4. The number of rotatable bonds is 2. The summed E-state index contributed by atoms with van der Waals surface area (Å²) in [5.74, 6) is 0.840. The number of aryl methyl sites for hydroxylation is 1. The van der Waals surface area contributed by atoms with Gasteiger partial charge >= 0.3 is 0 Å². The molecular weight excluding hydrogens is 302 g/mol. The van der Waals surface area contributed by atoms with Crippen molar-refractivity contribution in [1.29, 1.82) is 0 Å². The van der Waals surface area contributed by atoms with Crippen molar-refractivity contribution in [3.8, 4) is 0 Å². The Kier molecular flexibility index (Phi) is 4.17. The molecule has 5 nitrogen and oxygen atoms in total. The van der Waals surface area contributed by atoms with E-state index in [0.717, 1.165) is 44.0 Å². The molecule has 1 amide bonds. The highest BCUT2D eigenvalue weighted by molar-refractivity contribution is 6.05. The van der Waals surface area contributed by atoms with Crippen LogP contribution in [0.3, 0.4) is 0 Å². The van der Waals surface area contributed by atoms with Crippen LogP contribution in [0.4, 0.5) is 11.5 Å². The van der Waals surface area contributed by atoms with Gasteiger partial charge in [-0.1, -0.05) is 24.3 Å². The second kappa shape index (κ2) is 6.61. The number of hydrogen-bond donors (Lipinski definition) is 0. The molecule has 2 aromatic rings. The predicted molar refractivity (Wildman–Crippen MR) is 93.7 cm³/mol. The first-order valence-corrected chi connectivity index (χ1v) is 8.52. The molecule has 0 radical (unpaired) electrons. The molecule has 3 heterocycles. The van der Waals surface area contributed by atoms with Gasteiger partial charge in [-0.15, -0.1) is 0 Å². The number of amides is 1. The largest absolute Gasteiger partial charge is 0.378 e. The number of ether oxygens (including phenoxy) is 1. The van der Waals surface area contributed by atoms with Crippen molar-refractivity contribution < 1.29 is 9.53 Å². The van der Waals surface area contributed by atoms with Crippen molar-refractivity contribution in [2.75, 3.05) is 42.6 Å². The molecule has 1 aromatic heterocycles. The number of morpholine rings is 1. The zero-order valence-electron chi connectivity index (χ0n) is 13.6. The van der Waals surface area contributed by atoms with Gasteiger partial charge in [-0.25, -0.2) is 4.98 Å². The lowest BCUT2D eigenvalue weighted by molar-refractivity contribution is 0.0980. The van der Waals surface area contributed by atoms with E-state index in [9.17, 15) is 4.79 Å². The first-order valence-electron chi connectivity index (χ1n) is 8.52. The fraction of sp³-hybridized carbons (Fsp3) is 0.368. The molecule has 0 spiro atoms. The Balaban J connectivity index is 1.61. The molecule has 0 unspecified atom stereocenters. The molecule has 24 heavy (non-hydrogen) atoms. The Morgan fingerprint density at radius 2 is 1.83 bits per heavy atom. The second-order valence-corrected chi connectivity index (χ2v) is 6.17. The molecule has 1 aromatic carbocycles. The molecule has 1 fully saturated rings. The molecule has 0 bridgehead atoms. The number of anilines is 2. The minimum Gasteiger partial charge on any atom is -0.378 e. The van der Waals surface area contributed by atoms with Gasteiger partial charge in [0.25, 0.3) is 5.91 Å². The van der Waals surface area contributed by atoms with Crippen molar-refractivity contribution in [2.45, 2.75) is 12.8 Å². The summed E-state index contributed by atoms with van der Waals surface area (Å²) >= 11 is 0. The highest BCUT2D eigenvalue weighted by Crippen LogP contribution is 2.28. The number of pyridine rings is 1. The first-order chi connectivity index (χ1) is 11.8. The normalized spacial score (nSPS) is 17.5. The quantitative estimate of drug-likeness (QED) is 0.852. The lowest BCUT2D eigenvalue weighted by atomic mass is 10.0. The van der Waals surface area contributed by atoms with Crippen molar-refractivity contribution in [3.63, 3.8) is 0 Å². The van der Waals surface area contributed by atoms with E-state index in [-0.39, 0.29) is 5.91 Å². The summed E-state index contributed by atoms with van der Waals surface area (Å²) in [6, 6.07) is 13.8. The highest BCUT2D eigenvalue weighted by Gasteiger charge is 2.24. The van der Waals surface area contributed by atoms with Crippen LogP contribution in [0.1, 0.15) is 22.5 Å². The van der Waals surface area contributed by atoms with Crippen LogP contribution in [0.2, 0.25) is 0 Å². The fourth-order valence-corrected chi connectivity index (χ4v) is 3.39. The molecule has 124 valence electrons. The molecule has 1 saturated heterocycles. The third-order valence-electron chi connectivity index (χ3n) is 4.64. The third kappa shape index (κ3) is 2.87. The number of benzene rings is 1. The van der Waals surface area contributed by atoms with E-state index in [4.69, 9.17) is 4.74 Å². The van der Waals surface area contributed by atoms with E-state index in [1.807, 2.05) is 41.3 Å². The second-order valence-electron chi connectivity index (χ2n) is 6.17. The van der Waals surface area contributed by atoms with Gasteiger partial charge in [0.15, 0.2) is 0 Å². The number of para-hydroxylation sites is 1. The fourth-order valence-electron chi connectivity index (χ4n) is 3.39. The Morgan fingerprint density at radius 1 is 1.00 bits per heavy atom. The molecule has 4 rings (SSSR count). The van der Waals surface area contributed by atoms with Crippen LogP contribution in [-0.4, -0.2) is 43.7 Å². The van der Waals surface area contributed by atoms with E-state index in [1.54, 1.807) is 0 Å². The molecule has 0 N–H and O–H groups in total. The molecule has 0 aliphatic carbocycles. The van der Waals surface area contributed by atoms with E-state index >= 15 is 0 Å². The van der Waals surface area contributed by atoms with Crippen molar-refractivity contribution >= 4 is 17.4 Å². The lowest BCUT2D eigenvalue weighted by Crippen LogP contribution is -2.38. The van der Waals surface area contributed by atoms with Crippen molar-refractivity contribution in [2.24, 2.45) is 0 Å². The Morgan fingerprint density at radius 3 is 2.71 bits per heavy atom. The Bertz CT molecular complexity index is 741. The summed E-state index contributed by atoms with van der Waals surface area (Å²) in [6.45, 7) is 3.80. The molecule has 5 heteroatoms. The van der Waals surface area contributed by atoms with E-state index in [2.05, 4.69) is 16.0 Å². The van der Waals surface area contributed by atoms with E-state index in [1.165, 1.54) is 5.56 Å². The average Bonchev–Trinajstić information content (AvgIpc) is 2.68. The Labute approximate surface area is 141 Å². The van der Waals surface area contributed by atoms with Crippen LogP contribution >= 0.6 is 0 Å². The summed E-state index contributed by atoms with van der Waals surface area (Å²) in [7, 11) is 0. The van der Waals surface area contributed by atoms with Crippen molar-refractivity contribution in [1.82, 2.24) is 4.98 Å². The smallest absolute Gasteiger partial charge is 0.276 e. The summed E-state index contributed by atoms with van der Waals surface area (Å²) < 4.78 is 5.39. The number of nitrogens with zero attached hydrogens (tertiary/aromatic N) is 3. The maximum atomic E-state index is 13.0. The van der Waals surface area contributed by atoms with Gasteiger partial charge in [0.1, 0.15) is 11.5 Å². The SMILES string of the molecule is O=C(c1cccc(N2CCOCC2)n1)N1CCCc2ccccc21. The van der Waals surface area contributed by atoms with Gasteiger partial charge in [0.05, 0.1) is 13.2 Å². The molecule has 2 aliphatic rings. The van der Waals surface area contributed by atoms with Crippen LogP contribution in [0.5, 0.6) is 0 Å². The van der Waals surface area contributed by atoms with Crippen LogP contribution in [0, 0.1) is 0 Å². The van der Waals surface area contributed by atoms with Crippen LogP contribution in [0.25, 0.3) is 0 Å². The molecule has 2 aliphatic heterocycles. The number of fused-ring (bicyclic) bond motifs is 1. The molecule has 0 saturated carbocycles. The number of aromatic nitrogens is 1. The average molecular weight is 323 g/mol. The third-order valence-corrected chi connectivity index (χ3v) is 4.64.